The molecule has 2 aliphatic rings. The molecule has 1 aromatic heterocycles. The van der Waals surface area contributed by atoms with Gasteiger partial charge in [-0.05, 0) is 18.4 Å². The van der Waals surface area contributed by atoms with Crippen molar-refractivity contribution in [3.63, 3.8) is 0 Å². The maximum Gasteiger partial charge on any atom is 0.230 e. The van der Waals surface area contributed by atoms with Crippen molar-refractivity contribution >= 4 is 32.4 Å². The fraction of sp³-hybridized carbons (Fsp3) is 0.412. The second kappa shape index (κ2) is 6.19. The van der Waals surface area contributed by atoms with Gasteiger partial charge in [-0.1, -0.05) is 24.3 Å². The molecule has 1 N–H and O–H groups in total. The van der Waals surface area contributed by atoms with Crippen molar-refractivity contribution in [3.8, 4) is 11.3 Å². The van der Waals surface area contributed by atoms with Gasteiger partial charge in [-0.15, -0.1) is 11.3 Å². The van der Waals surface area contributed by atoms with Gasteiger partial charge in [0.1, 0.15) is 0 Å². The number of amides is 1. The first-order valence-electron chi connectivity index (χ1n) is 8.26. The molecule has 1 unspecified atom stereocenters. The molecule has 6 nitrogen and oxygen atoms in total. The van der Waals surface area contributed by atoms with Crippen LogP contribution in [0.3, 0.4) is 0 Å². The summed E-state index contributed by atoms with van der Waals surface area (Å²) in [5, 5.41) is 3.49. The monoisotopic (exact) mass is 377 g/mol. The number of thiazole rings is 1. The van der Waals surface area contributed by atoms with Crippen molar-refractivity contribution in [1.29, 1.82) is 0 Å². The van der Waals surface area contributed by atoms with Crippen LogP contribution in [-0.4, -0.2) is 43.0 Å². The third kappa shape index (κ3) is 3.21. The van der Waals surface area contributed by atoms with E-state index in [0.717, 1.165) is 22.6 Å². The highest BCUT2D eigenvalue weighted by Crippen LogP contribution is 2.40. The Hall–Kier alpha value is -1.77. The highest BCUT2D eigenvalue weighted by atomic mass is 32.2. The van der Waals surface area contributed by atoms with E-state index in [4.69, 9.17) is 0 Å². The summed E-state index contributed by atoms with van der Waals surface area (Å²) in [5.74, 6) is -0.469. The van der Waals surface area contributed by atoms with Crippen LogP contribution >= 0.6 is 11.3 Å². The molecule has 4 rings (SSSR count). The van der Waals surface area contributed by atoms with Crippen LogP contribution in [0.4, 0.5) is 5.13 Å². The van der Waals surface area contributed by atoms with Gasteiger partial charge in [-0.25, -0.2) is 17.7 Å². The van der Waals surface area contributed by atoms with Crippen LogP contribution in [0.2, 0.25) is 0 Å². The number of carbonyl (C=O) groups excluding carboxylic acids is 1. The van der Waals surface area contributed by atoms with Crippen molar-refractivity contribution in [2.45, 2.75) is 19.3 Å². The number of aromatic nitrogens is 1. The molecule has 0 bridgehead atoms. The summed E-state index contributed by atoms with van der Waals surface area (Å²) >= 11 is 1.50. The lowest BCUT2D eigenvalue weighted by atomic mass is 9.99. The second-order valence-electron chi connectivity index (χ2n) is 6.57. The van der Waals surface area contributed by atoms with Gasteiger partial charge in [-0.3, -0.25) is 4.79 Å². The summed E-state index contributed by atoms with van der Waals surface area (Å²) in [5.41, 5.74) is 3.36. The van der Waals surface area contributed by atoms with Crippen LogP contribution in [-0.2, 0) is 21.2 Å². The fourth-order valence-corrected chi connectivity index (χ4v) is 5.39. The second-order valence-corrected chi connectivity index (χ2v) is 9.64. The number of benzene rings is 1. The highest BCUT2D eigenvalue weighted by Gasteiger charge is 2.31. The number of hydrogen-bond donors (Lipinski definition) is 1. The molecule has 0 spiro atoms. The Morgan fingerprint density at radius 3 is 2.96 bits per heavy atom. The predicted molar refractivity (Wildman–Crippen MR) is 98.1 cm³/mol. The third-order valence-corrected chi connectivity index (χ3v) is 7.02. The summed E-state index contributed by atoms with van der Waals surface area (Å²) < 4.78 is 24.8. The number of sulfonamides is 1. The zero-order valence-electron chi connectivity index (χ0n) is 13.9. The number of hydrogen-bond acceptors (Lipinski definition) is 5. The lowest BCUT2D eigenvalue weighted by Gasteiger charge is -2.29. The average Bonchev–Trinajstić information content (AvgIpc) is 3.11. The number of rotatable bonds is 3. The Morgan fingerprint density at radius 1 is 1.36 bits per heavy atom. The largest absolute Gasteiger partial charge is 0.302 e. The first-order valence-corrected chi connectivity index (χ1v) is 10.9. The van der Waals surface area contributed by atoms with Crippen molar-refractivity contribution in [1.82, 2.24) is 9.29 Å². The molecule has 0 radical (unpaired) electrons. The van der Waals surface area contributed by atoms with E-state index in [1.807, 2.05) is 12.1 Å². The Kier molecular flexibility index (Phi) is 4.13. The summed E-state index contributed by atoms with van der Waals surface area (Å²) in [6, 6.07) is 8.17. The van der Waals surface area contributed by atoms with Crippen LogP contribution in [0, 0.1) is 5.92 Å². The SMILES string of the molecule is CS(=O)(=O)N1CCCC(C(=O)Nc2nc3c(s2)Cc2ccccc2-3)C1. The van der Waals surface area contributed by atoms with Gasteiger partial charge in [0.15, 0.2) is 5.13 Å². The van der Waals surface area contributed by atoms with Crippen LogP contribution in [0.5, 0.6) is 0 Å². The van der Waals surface area contributed by atoms with E-state index in [1.54, 1.807) is 0 Å². The number of anilines is 1. The number of carbonyl (C=O) groups is 1. The molecule has 8 heteroatoms. The smallest absolute Gasteiger partial charge is 0.230 e. The van der Waals surface area contributed by atoms with Crippen molar-refractivity contribution in [2.75, 3.05) is 24.7 Å². The molecule has 25 heavy (non-hydrogen) atoms. The van der Waals surface area contributed by atoms with E-state index in [9.17, 15) is 13.2 Å². The van der Waals surface area contributed by atoms with Gasteiger partial charge < -0.3 is 5.32 Å². The summed E-state index contributed by atoms with van der Waals surface area (Å²) in [6.45, 7) is 0.740. The Labute approximate surface area is 150 Å². The van der Waals surface area contributed by atoms with E-state index in [0.29, 0.717) is 24.5 Å². The molecule has 1 saturated heterocycles. The normalized spacial score (nSPS) is 20.1. The van der Waals surface area contributed by atoms with Crippen molar-refractivity contribution in [3.05, 3.63) is 34.7 Å². The average molecular weight is 377 g/mol. The quantitative estimate of drug-likeness (QED) is 0.760. The van der Waals surface area contributed by atoms with E-state index >= 15 is 0 Å². The summed E-state index contributed by atoms with van der Waals surface area (Å²) in [6.07, 6.45) is 3.44. The molecule has 132 valence electrons. The Morgan fingerprint density at radius 2 is 2.16 bits per heavy atom. The lowest BCUT2D eigenvalue weighted by molar-refractivity contribution is -0.120. The highest BCUT2D eigenvalue weighted by molar-refractivity contribution is 7.88. The molecule has 1 atom stereocenters. The maximum absolute atomic E-state index is 12.5. The van der Waals surface area contributed by atoms with E-state index in [1.165, 1.54) is 27.5 Å². The van der Waals surface area contributed by atoms with Gasteiger partial charge in [0.2, 0.25) is 15.9 Å². The molecular weight excluding hydrogens is 358 g/mol. The molecule has 2 heterocycles. The van der Waals surface area contributed by atoms with Crippen LogP contribution < -0.4 is 5.32 Å². The number of piperidine rings is 1. The topological polar surface area (TPSA) is 79.4 Å². The maximum atomic E-state index is 12.5. The van der Waals surface area contributed by atoms with Gasteiger partial charge in [0.25, 0.3) is 0 Å². The molecular formula is C17H19N3O3S2. The lowest BCUT2D eigenvalue weighted by Crippen LogP contribution is -2.43. The molecule has 0 saturated carbocycles. The number of nitrogens with zero attached hydrogens (tertiary/aromatic N) is 2. The third-order valence-electron chi connectivity index (χ3n) is 4.77. The molecule has 1 aliphatic carbocycles. The molecule has 1 fully saturated rings. The van der Waals surface area contributed by atoms with Crippen LogP contribution in [0.25, 0.3) is 11.3 Å². The van der Waals surface area contributed by atoms with Crippen LogP contribution in [0.15, 0.2) is 24.3 Å². The molecule has 1 aromatic carbocycles. The Balaban J connectivity index is 1.48. The summed E-state index contributed by atoms with van der Waals surface area (Å²) in [7, 11) is -3.26. The number of fused-ring (bicyclic) bond motifs is 3. The van der Waals surface area contributed by atoms with E-state index in [-0.39, 0.29) is 18.4 Å². The first kappa shape index (κ1) is 16.7. The summed E-state index contributed by atoms with van der Waals surface area (Å²) in [4.78, 5) is 18.3. The van der Waals surface area contributed by atoms with Crippen LogP contribution in [0.1, 0.15) is 23.3 Å². The predicted octanol–water partition coefficient (Wildman–Crippen LogP) is 2.32. The minimum atomic E-state index is -3.26. The first-order chi connectivity index (χ1) is 11.9. The zero-order valence-corrected chi connectivity index (χ0v) is 15.5. The van der Waals surface area contributed by atoms with Crippen molar-refractivity contribution in [2.24, 2.45) is 5.92 Å². The Bertz CT molecular complexity index is 936. The molecule has 1 amide bonds. The molecule has 2 aromatic rings. The van der Waals surface area contributed by atoms with Crippen molar-refractivity contribution < 1.29 is 13.2 Å². The standard InChI is InChI=1S/C17H19N3O3S2/c1-25(22,23)20-8-4-6-12(10-20)16(21)19-17-18-15-13-7-3-2-5-11(13)9-14(15)24-17/h2-3,5,7,12H,4,6,8-10H2,1H3,(H,18,19,21). The van der Waals surface area contributed by atoms with E-state index in [2.05, 4.69) is 22.4 Å². The molecule has 1 aliphatic heterocycles. The van der Waals surface area contributed by atoms with E-state index < -0.39 is 10.0 Å². The van der Waals surface area contributed by atoms with Gasteiger partial charge in [-0.2, -0.15) is 0 Å². The fourth-order valence-electron chi connectivity index (χ4n) is 3.48. The minimum Gasteiger partial charge on any atom is -0.302 e. The zero-order chi connectivity index (χ0) is 17.6. The van der Waals surface area contributed by atoms with Gasteiger partial charge >= 0.3 is 0 Å². The number of nitrogens with one attached hydrogen (secondary N) is 1. The minimum absolute atomic E-state index is 0.144. The van der Waals surface area contributed by atoms with Gasteiger partial charge in [0, 0.05) is 30.0 Å². The van der Waals surface area contributed by atoms with Gasteiger partial charge in [0.05, 0.1) is 17.9 Å².